The van der Waals surface area contributed by atoms with Crippen LogP contribution in [0.1, 0.15) is 6.42 Å². The Bertz CT molecular complexity index is 364. The monoisotopic (exact) mass is 250 g/mol. The highest BCUT2D eigenvalue weighted by Crippen LogP contribution is 2.12. The summed E-state index contributed by atoms with van der Waals surface area (Å²) in [6.45, 7) is 6.51. The first kappa shape index (κ1) is 13.1. The lowest BCUT2D eigenvalue weighted by Crippen LogP contribution is -2.44. The SMILES string of the molecule is CN1CCN(CCCOc2ccnc(N)c2)CC1. The van der Waals surface area contributed by atoms with Crippen molar-refractivity contribution in [3.8, 4) is 5.75 Å². The van der Waals surface area contributed by atoms with Gasteiger partial charge >= 0.3 is 0 Å². The van der Waals surface area contributed by atoms with E-state index in [1.807, 2.05) is 6.07 Å². The number of nitrogens with two attached hydrogens (primary N) is 1. The van der Waals surface area contributed by atoms with Crippen molar-refractivity contribution in [1.29, 1.82) is 0 Å². The molecule has 1 aromatic rings. The Kier molecular flexibility index (Phi) is 4.78. The van der Waals surface area contributed by atoms with E-state index in [2.05, 4.69) is 21.8 Å². The van der Waals surface area contributed by atoms with Gasteiger partial charge in [-0.1, -0.05) is 0 Å². The Labute approximate surface area is 109 Å². The molecule has 0 aliphatic carbocycles. The molecule has 0 radical (unpaired) electrons. The third-order valence-electron chi connectivity index (χ3n) is 3.24. The van der Waals surface area contributed by atoms with Crippen molar-refractivity contribution in [1.82, 2.24) is 14.8 Å². The van der Waals surface area contributed by atoms with Gasteiger partial charge in [0.25, 0.3) is 0 Å². The van der Waals surface area contributed by atoms with Gasteiger partial charge in [0.05, 0.1) is 6.61 Å². The average Bonchev–Trinajstić information content (AvgIpc) is 2.37. The molecule has 2 N–H and O–H groups in total. The van der Waals surface area contributed by atoms with Crippen molar-refractivity contribution < 1.29 is 4.74 Å². The number of nitrogen functional groups attached to an aromatic ring is 1. The molecule has 100 valence electrons. The summed E-state index contributed by atoms with van der Waals surface area (Å²) in [6, 6.07) is 3.60. The standard InChI is InChI=1S/C13H22N4O/c1-16-6-8-17(9-7-16)5-2-10-18-12-3-4-15-13(14)11-12/h3-4,11H,2,5-10H2,1H3,(H2,14,15). The van der Waals surface area contributed by atoms with Crippen LogP contribution in [0.3, 0.4) is 0 Å². The van der Waals surface area contributed by atoms with E-state index in [4.69, 9.17) is 10.5 Å². The molecule has 18 heavy (non-hydrogen) atoms. The van der Waals surface area contributed by atoms with Gasteiger partial charge in [0, 0.05) is 45.0 Å². The van der Waals surface area contributed by atoms with Crippen LogP contribution in [0.2, 0.25) is 0 Å². The van der Waals surface area contributed by atoms with E-state index in [0.29, 0.717) is 5.82 Å². The van der Waals surface area contributed by atoms with Crippen molar-refractivity contribution in [2.45, 2.75) is 6.42 Å². The number of pyridine rings is 1. The molecule has 5 nitrogen and oxygen atoms in total. The van der Waals surface area contributed by atoms with E-state index < -0.39 is 0 Å². The van der Waals surface area contributed by atoms with E-state index in [1.54, 1.807) is 12.3 Å². The van der Waals surface area contributed by atoms with Crippen molar-refractivity contribution >= 4 is 5.82 Å². The molecule has 5 heteroatoms. The van der Waals surface area contributed by atoms with Gasteiger partial charge in [-0.25, -0.2) is 4.98 Å². The maximum Gasteiger partial charge on any atom is 0.126 e. The molecule has 1 aliphatic rings. The zero-order valence-corrected chi connectivity index (χ0v) is 11.0. The fourth-order valence-corrected chi connectivity index (χ4v) is 2.07. The van der Waals surface area contributed by atoms with Crippen molar-refractivity contribution in [2.75, 3.05) is 52.1 Å². The summed E-state index contributed by atoms with van der Waals surface area (Å²) in [5.74, 6) is 1.31. The lowest BCUT2D eigenvalue weighted by Gasteiger charge is -2.32. The number of aromatic nitrogens is 1. The minimum Gasteiger partial charge on any atom is -0.493 e. The first-order valence-corrected chi connectivity index (χ1v) is 6.49. The van der Waals surface area contributed by atoms with Gasteiger partial charge in [-0.2, -0.15) is 0 Å². The largest absolute Gasteiger partial charge is 0.493 e. The molecule has 1 fully saturated rings. The topological polar surface area (TPSA) is 54.6 Å². The average molecular weight is 250 g/mol. The molecule has 0 spiro atoms. The van der Waals surface area contributed by atoms with Gasteiger partial charge in [-0.15, -0.1) is 0 Å². The lowest BCUT2D eigenvalue weighted by molar-refractivity contribution is 0.145. The number of rotatable bonds is 5. The molecule has 0 amide bonds. The lowest BCUT2D eigenvalue weighted by atomic mass is 10.3. The maximum atomic E-state index is 5.64. The summed E-state index contributed by atoms with van der Waals surface area (Å²) in [5, 5.41) is 0. The number of hydrogen-bond acceptors (Lipinski definition) is 5. The van der Waals surface area contributed by atoms with Crippen LogP contribution in [0.4, 0.5) is 5.82 Å². The number of likely N-dealkylation sites (N-methyl/N-ethyl adjacent to an activating group) is 1. The second kappa shape index (κ2) is 6.56. The van der Waals surface area contributed by atoms with E-state index in [9.17, 15) is 0 Å². The molecular formula is C13H22N4O. The fraction of sp³-hybridized carbons (Fsp3) is 0.615. The third-order valence-corrected chi connectivity index (χ3v) is 3.24. The first-order chi connectivity index (χ1) is 8.74. The summed E-state index contributed by atoms with van der Waals surface area (Å²) in [5.41, 5.74) is 5.59. The van der Waals surface area contributed by atoms with Crippen LogP contribution < -0.4 is 10.5 Å². The van der Waals surface area contributed by atoms with Gasteiger partial charge in [-0.3, -0.25) is 0 Å². The second-order valence-electron chi connectivity index (χ2n) is 4.76. The minimum atomic E-state index is 0.506. The van der Waals surface area contributed by atoms with E-state index >= 15 is 0 Å². The molecule has 2 rings (SSSR count). The number of nitrogens with zero attached hydrogens (tertiary/aromatic N) is 3. The quantitative estimate of drug-likeness (QED) is 0.779. The predicted molar refractivity (Wildman–Crippen MR) is 72.7 cm³/mol. The highest BCUT2D eigenvalue weighted by molar-refractivity contribution is 5.35. The molecule has 0 unspecified atom stereocenters. The third kappa shape index (κ3) is 4.16. The summed E-state index contributed by atoms with van der Waals surface area (Å²) in [7, 11) is 2.17. The number of hydrogen-bond donors (Lipinski definition) is 1. The van der Waals surface area contributed by atoms with Crippen LogP contribution in [-0.4, -0.2) is 61.2 Å². The molecule has 1 aliphatic heterocycles. The van der Waals surface area contributed by atoms with Crippen LogP contribution in [0, 0.1) is 0 Å². The molecule has 1 aromatic heterocycles. The summed E-state index contributed by atoms with van der Waals surface area (Å²) < 4.78 is 5.64. The highest BCUT2D eigenvalue weighted by atomic mass is 16.5. The molecule has 0 saturated carbocycles. The molecular weight excluding hydrogens is 228 g/mol. The van der Waals surface area contributed by atoms with Gasteiger partial charge in [0.15, 0.2) is 0 Å². The molecule has 1 saturated heterocycles. The molecule has 0 aromatic carbocycles. The zero-order chi connectivity index (χ0) is 12.8. The zero-order valence-electron chi connectivity index (χ0n) is 11.0. The van der Waals surface area contributed by atoms with Gasteiger partial charge in [0.2, 0.25) is 0 Å². The second-order valence-corrected chi connectivity index (χ2v) is 4.76. The maximum absolute atomic E-state index is 5.64. The van der Waals surface area contributed by atoms with E-state index in [-0.39, 0.29) is 0 Å². The van der Waals surface area contributed by atoms with Crippen molar-refractivity contribution in [3.05, 3.63) is 18.3 Å². The smallest absolute Gasteiger partial charge is 0.126 e. The van der Waals surface area contributed by atoms with Crippen LogP contribution in [0.15, 0.2) is 18.3 Å². The normalized spacial score (nSPS) is 17.8. The predicted octanol–water partition coefficient (Wildman–Crippen LogP) is 0.680. The molecule has 0 bridgehead atoms. The van der Waals surface area contributed by atoms with Gasteiger partial charge in [-0.05, 0) is 19.5 Å². The van der Waals surface area contributed by atoms with Gasteiger partial charge in [0.1, 0.15) is 11.6 Å². The Balaban J connectivity index is 1.61. The van der Waals surface area contributed by atoms with E-state index in [1.165, 1.54) is 26.2 Å². The molecule has 0 atom stereocenters. The highest BCUT2D eigenvalue weighted by Gasteiger charge is 2.12. The Morgan fingerprint density at radius 1 is 1.33 bits per heavy atom. The van der Waals surface area contributed by atoms with Crippen LogP contribution >= 0.6 is 0 Å². The summed E-state index contributed by atoms with van der Waals surface area (Å²) in [4.78, 5) is 8.79. The number of anilines is 1. The molecule has 2 heterocycles. The van der Waals surface area contributed by atoms with E-state index in [0.717, 1.165) is 25.3 Å². The first-order valence-electron chi connectivity index (χ1n) is 6.49. The van der Waals surface area contributed by atoms with Crippen molar-refractivity contribution in [3.63, 3.8) is 0 Å². The Hall–Kier alpha value is -1.33. The Morgan fingerprint density at radius 3 is 2.83 bits per heavy atom. The van der Waals surface area contributed by atoms with Crippen LogP contribution in [0.25, 0.3) is 0 Å². The summed E-state index contributed by atoms with van der Waals surface area (Å²) >= 11 is 0. The minimum absolute atomic E-state index is 0.506. The number of piperazine rings is 1. The van der Waals surface area contributed by atoms with Crippen LogP contribution in [0.5, 0.6) is 5.75 Å². The number of ether oxygens (including phenoxy) is 1. The summed E-state index contributed by atoms with van der Waals surface area (Å²) in [6.07, 6.45) is 2.72. The van der Waals surface area contributed by atoms with Crippen molar-refractivity contribution in [2.24, 2.45) is 0 Å². The van der Waals surface area contributed by atoms with Crippen LogP contribution in [-0.2, 0) is 0 Å². The Morgan fingerprint density at radius 2 is 2.11 bits per heavy atom. The fourth-order valence-electron chi connectivity index (χ4n) is 2.07. The van der Waals surface area contributed by atoms with Gasteiger partial charge < -0.3 is 20.3 Å².